The van der Waals surface area contributed by atoms with E-state index in [-0.39, 0.29) is 6.42 Å². The number of halogens is 1. The molecule has 1 aromatic rings. The molecule has 1 N–H and O–H groups in total. The van der Waals surface area contributed by atoms with E-state index in [1.54, 1.807) is 12.1 Å². The largest absolute Gasteiger partial charge is 0.481 e. The average molecular weight is 301 g/mol. The molecule has 1 rings (SSSR count). The normalized spacial score (nSPS) is 9.50. The maximum Gasteiger partial charge on any atom is 0.307 e. The summed E-state index contributed by atoms with van der Waals surface area (Å²) in [5, 5.41) is 17.5. The van der Waals surface area contributed by atoms with Crippen molar-refractivity contribution in [2.45, 2.75) is 13.3 Å². The molecule has 0 aromatic heterocycles. The molecule has 0 heterocycles. The van der Waals surface area contributed by atoms with Gasteiger partial charge in [0.1, 0.15) is 6.07 Å². The van der Waals surface area contributed by atoms with Crippen LogP contribution in [0.1, 0.15) is 16.7 Å². The van der Waals surface area contributed by atoms with E-state index >= 15 is 0 Å². The minimum absolute atomic E-state index is 0.0345. The summed E-state index contributed by atoms with van der Waals surface area (Å²) in [5.41, 5.74) is 2.15. The Kier molecular flexibility index (Phi) is 3.47. The van der Waals surface area contributed by atoms with Crippen LogP contribution in [0.3, 0.4) is 0 Å². The Morgan fingerprint density at radius 2 is 2.29 bits per heavy atom. The van der Waals surface area contributed by atoms with Crippen LogP contribution in [0.4, 0.5) is 0 Å². The molecular formula is C10H8INO2. The minimum Gasteiger partial charge on any atom is -0.481 e. The lowest BCUT2D eigenvalue weighted by molar-refractivity contribution is -0.136. The van der Waals surface area contributed by atoms with Gasteiger partial charge in [-0.1, -0.05) is 12.1 Å². The lowest BCUT2D eigenvalue weighted by atomic mass is 10.0. The predicted octanol–water partition coefficient (Wildman–Crippen LogP) is 2.10. The second-order valence-corrected chi connectivity index (χ2v) is 3.99. The van der Waals surface area contributed by atoms with E-state index < -0.39 is 5.97 Å². The van der Waals surface area contributed by atoms with Gasteiger partial charge in [-0.15, -0.1) is 0 Å². The molecule has 0 amide bonds. The molecule has 14 heavy (non-hydrogen) atoms. The highest BCUT2D eigenvalue weighted by molar-refractivity contribution is 14.1. The maximum atomic E-state index is 10.5. The number of nitrogens with zero attached hydrogens (tertiary/aromatic N) is 1. The predicted molar refractivity (Wildman–Crippen MR) is 60.0 cm³/mol. The number of hydrogen-bond donors (Lipinski definition) is 1. The quantitative estimate of drug-likeness (QED) is 0.851. The van der Waals surface area contributed by atoms with Crippen LogP contribution in [0.15, 0.2) is 12.1 Å². The lowest BCUT2D eigenvalue weighted by Gasteiger charge is -2.05. The molecular weight excluding hydrogens is 293 g/mol. The third-order valence-electron chi connectivity index (χ3n) is 1.88. The third-order valence-corrected chi connectivity index (χ3v) is 3.12. The molecule has 0 spiro atoms. The molecule has 0 saturated carbocycles. The van der Waals surface area contributed by atoms with Gasteiger partial charge in [-0.3, -0.25) is 4.79 Å². The first-order chi connectivity index (χ1) is 6.56. The van der Waals surface area contributed by atoms with Crippen molar-refractivity contribution in [3.8, 4) is 6.07 Å². The number of rotatable bonds is 2. The SMILES string of the molecule is Cc1ccc(CC(=O)O)c(I)c1C#N. The molecule has 0 aliphatic rings. The fourth-order valence-electron chi connectivity index (χ4n) is 1.15. The molecule has 72 valence electrons. The van der Waals surface area contributed by atoms with Crippen LogP contribution in [-0.2, 0) is 11.2 Å². The minimum atomic E-state index is -0.879. The van der Waals surface area contributed by atoms with Gasteiger partial charge in [0.25, 0.3) is 0 Å². The van der Waals surface area contributed by atoms with Crippen molar-refractivity contribution in [2.24, 2.45) is 0 Å². The molecule has 0 aliphatic heterocycles. The van der Waals surface area contributed by atoms with Crippen LogP contribution in [0.2, 0.25) is 0 Å². The van der Waals surface area contributed by atoms with Crippen molar-refractivity contribution >= 4 is 28.6 Å². The van der Waals surface area contributed by atoms with Gasteiger partial charge in [-0.05, 0) is 40.6 Å². The lowest BCUT2D eigenvalue weighted by Crippen LogP contribution is -2.03. The summed E-state index contributed by atoms with van der Waals surface area (Å²) in [5.74, 6) is -0.879. The molecule has 0 unspecified atom stereocenters. The molecule has 0 saturated heterocycles. The van der Waals surface area contributed by atoms with E-state index in [2.05, 4.69) is 6.07 Å². The number of carbonyl (C=O) groups is 1. The fourth-order valence-corrected chi connectivity index (χ4v) is 2.07. The molecule has 0 radical (unpaired) electrons. The van der Waals surface area contributed by atoms with E-state index in [1.807, 2.05) is 29.5 Å². The molecule has 0 fully saturated rings. The zero-order valence-electron chi connectivity index (χ0n) is 7.54. The number of aryl methyl sites for hydroxylation is 1. The van der Waals surface area contributed by atoms with Crippen molar-refractivity contribution in [3.63, 3.8) is 0 Å². The Morgan fingerprint density at radius 3 is 2.79 bits per heavy atom. The Hall–Kier alpha value is -1.09. The van der Waals surface area contributed by atoms with Gasteiger partial charge >= 0.3 is 5.97 Å². The fraction of sp³-hybridized carbons (Fsp3) is 0.200. The van der Waals surface area contributed by atoms with Gasteiger partial charge in [0.15, 0.2) is 0 Å². The number of benzene rings is 1. The molecule has 0 aliphatic carbocycles. The van der Waals surface area contributed by atoms with E-state index in [0.717, 1.165) is 9.13 Å². The first kappa shape index (κ1) is 11.0. The highest BCUT2D eigenvalue weighted by Crippen LogP contribution is 2.20. The summed E-state index contributed by atoms with van der Waals surface area (Å²) >= 11 is 2.01. The van der Waals surface area contributed by atoms with E-state index in [9.17, 15) is 4.79 Å². The van der Waals surface area contributed by atoms with Gasteiger partial charge in [0, 0.05) is 3.57 Å². The number of carboxylic acids is 1. The monoisotopic (exact) mass is 301 g/mol. The van der Waals surface area contributed by atoms with Gasteiger partial charge in [-0.25, -0.2) is 0 Å². The summed E-state index contributed by atoms with van der Waals surface area (Å²) in [6.45, 7) is 1.84. The molecule has 0 atom stereocenters. The van der Waals surface area contributed by atoms with Crippen molar-refractivity contribution in [1.29, 1.82) is 5.26 Å². The topological polar surface area (TPSA) is 61.1 Å². The van der Waals surface area contributed by atoms with Crippen LogP contribution in [0.25, 0.3) is 0 Å². The Balaban J connectivity index is 3.23. The van der Waals surface area contributed by atoms with Crippen LogP contribution < -0.4 is 0 Å². The van der Waals surface area contributed by atoms with Crippen LogP contribution in [0.5, 0.6) is 0 Å². The molecule has 4 heteroatoms. The summed E-state index contributed by atoms with van der Waals surface area (Å²) in [6, 6.07) is 5.61. The van der Waals surface area contributed by atoms with Crippen molar-refractivity contribution < 1.29 is 9.90 Å². The van der Waals surface area contributed by atoms with Gasteiger partial charge in [-0.2, -0.15) is 5.26 Å². The van der Waals surface area contributed by atoms with Gasteiger partial charge in [0.05, 0.1) is 12.0 Å². The van der Waals surface area contributed by atoms with Gasteiger partial charge in [0.2, 0.25) is 0 Å². The molecule has 0 bridgehead atoms. The standard InChI is InChI=1S/C10H8INO2/c1-6-2-3-7(4-9(13)14)10(11)8(6)5-12/h2-3H,4H2,1H3,(H,13,14). The zero-order valence-corrected chi connectivity index (χ0v) is 9.70. The highest BCUT2D eigenvalue weighted by atomic mass is 127. The second-order valence-electron chi connectivity index (χ2n) is 2.91. The molecule has 3 nitrogen and oxygen atoms in total. The summed E-state index contributed by atoms with van der Waals surface area (Å²) in [6.07, 6.45) is -0.0345. The summed E-state index contributed by atoms with van der Waals surface area (Å²) in [4.78, 5) is 10.5. The van der Waals surface area contributed by atoms with Crippen LogP contribution in [0, 0.1) is 21.8 Å². The average Bonchev–Trinajstić information content (AvgIpc) is 2.10. The van der Waals surface area contributed by atoms with Crippen LogP contribution in [-0.4, -0.2) is 11.1 Å². The van der Waals surface area contributed by atoms with Crippen LogP contribution >= 0.6 is 22.6 Å². The number of hydrogen-bond acceptors (Lipinski definition) is 2. The van der Waals surface area contributed by atoms with Crippen molar-refractivity contribution in [3.05, 3.63) is 32.4 Å². The van der Waals surface area contributed by atoms with Crippen molar-refractivity contribution in [2.75, 3.05) is 0 Å². The zero-order chi connectivity index (χ0) is 10.7. The third kappa shape index (κ3) is 2.23. The van der Waals surface area contributed by atoms with E-state index in [0.29, 0.717) is 11.1 Å². The molecule has 1 aromatic carbocycles. The smallest absolute Gasteiger partial charge is 0.307 e. The number of carboxylic acid groups (broad SMARTS) is 1. The van der Waals surface area contributed by atoms with Gasteiger partial charge < -0.3 is 5.11 Å². The second kappa shape index (κ2) is 4.42. The maximum absolute atomic E-state index is 10.5. The van der Waals surface area contributed by atoms with E-state index in [4.69, 9.17) is 10.4 Å². The summed E-state index contributed by atoms with van der Waals surface area (Å²) in [7, 11) is 0. The summed E-state index contributed by atoms with van der Waals surface area (Å²) < 4.78 is 0.743. The number of nitriles is 1. The van der Waals surface area contributed by atoms with Crippen molar-refractivity contribution in [1.82, 2.24) is 0 Å². The Morgan fingerprint density at radius 1 is 1.64 bits per heavy atom. The first-order valence-electron chi connectivity index (χ1n) is 3.96. The Labute approximate surface area is 95.5 Å². The highest BCUT2D eigenvalue weighted by Gasteiger charge is 2.10. The number of aliphatic carboxylic acids is 1. The first-order valence-corrected chi connectivity index (χ1v) is 5.04. The van der Waals surface area contributed by atoms with E-state index in [1.165, 1.54) is 0 Å². The Bertz CT molecular complexity index is 421.